The molecule has 0 aromatic rings. The van der Waals surface area contributed by atoms with E-state index >= 15 is 0 Å². The summed E-state index contributed by atoms with van der Waals surface area (Å²) < 4.78 is 9.99. The average Bonchev–Trinajstić information content (AvgIpc) is 2.81. The van der Waals surface area contributed by atoms with E-state index in [9.17, 15) is 29.4 Å². The first kappa shape index (κ1) is 35.0. The van der Waals surface area contributed by atoms with Gasteiger partial charge in [-0.2, -0.15) is 0 Å². The average molecular weight is 553 g/mol. The molecule has 0 rings (SSSR count). The van der Waals surface area contributed by atoms with Crippen LogP contribution in [0.5, 0.6) is 0 Å². The number of aliphatic hydroxyl groups is 2. The van der Waals surface area contributed by atoms with Crippen molar-refractivity contribution in [2.75, 3.05) is 39.5 Å². The van der Waals surface area contributed by atoms with Crippen molar-refractivity contribution in [3.63, 3.8) is 0 Å². The van der Waals surface area contributed by atoms with Gasteiger partial charge in [0.1, 0.15) is 25.4 Å². The summed E-state index contributed by atoms with van der Waals surface area (Å²) in [5.74, 6) is -4.46. The number of carbonyl (C=O) groups excluding carboxylic acids is 2. The number of hydroxylamine groups is 4. The SMILES string of the molecule is CC(O)CON(CCN(OCC(C)OC(=O)/C=C\C(=O)O)OCC(C)OC(=O)/C=C\C(=O)O)OCC(C)O. The molecule has 218 valence electrons. The highest BCUT2D eigenvalue weighted by molar-refractivity contribution is 5.91. The molecule has 0 aromatic heterocycles. The molecule has 38 heavy (non-hydrogen) atoms. The maximum absolute atomic E-state index is 11.6. The van der Waals surface area contributed by atoms with E-state index in [0.717, 1.165) is 22.6 Å². The van der Waals surface area contributed by atoms with Crippen LogP contribution in [-0.2, 0) is 48.0 Å². The van der Waals surface area contributed by atoms with Crippen molar-refractivity contribution in [1.82, 2.24) is 10.5 Å². The minimum absolute atomic E-state index is 0.0372. The van der Waals surface area contributed by atoms with Gasteiger partial charge in [-0.25, -0.2) is 19.2 Å². The van der Waals surface area contributed by atoms with Crippen molar-refractivity contribution in [1.29, 1.82) is 0 Å². The summed E-state index contributed by atoms with van der Waals surface area (Å²) in [6.07, 6.45) is -0.587. The molecule has 0 heterocycles. The second kappa shape index (κ2) is 20.1. The van der Waals surface area contributed by atoms with Gasteiger partial charge in [-0.1, -0.05) is 10.5 Å². The van der Waals surface area contributed by atoms with E-state index in [-0.39, 0.29) is 39.5 Å². The fraction of sp³-hybridized carbons (Fsp3) is 0.636. The molecule has 4 unspecified atom stereocenters. The number of hydrogen-bond acceptors (Lipinski definition) is 14. The summed E-state index contributed by atoms with van der Waals surface area (Å²) in [4.78, 5) is 65.9. The van der Waals surface area contributed by atoms with E-state index in [0.29, 0.717) is 12.2 Å². The Bertz CT molecular complexity index is 726. The number of nitrogens with zero attached hydrogens (tertiary/aromatic N) is 2. The molecule has 0 amide bonds. The third-order valence-corrected chi connectivity index (χ3v) is 3.65. The van der Waals surface area contributed by atoms with Crippen LogP contribution in [0.15, 0.2) is 24.3 Å². The second-order valence-corrected chi connectivity index (χ2v) is 7.83. The van der Waals surface area contributed by atoms with E-state index in [1.807, 2.05) is 0 Å². The lowest BCUT2D eigenvalue weighted by Crippen LogP contribution is -2.40. The molecule has 0 saturated carbocycles. The van der Waals surface area contributed by atoms with E-state index < -0.39 is 48.3 Å². The molecule has 0 aliphatic carbocycles. The maximum atomic E-state index is 11.6. The topological polar surface area (TPSA) is 211 Å². The van der Waals surface area contributed by atoms with Gasteiger partial charge in [-0.05, 0) is 27.7 Å². The first-order valence-corrected chi connectivity index (χ1v) is 11.4. The summed E-state index contributed by atoms with van der Waals surface area (Å²) in [6.45, 7) is 5.15. The standard InChI is InChI=1S/C22H36N2O14/c1-15(25)11-33-23(34-12-16(2)26)9-10-24(35-13-17(3)37-21(31)7-5-19(27)28)36-14-18(4)38-22(32)8-6-20(29)30/h5-8,15-18,25-26H,9-14H2,1-4H3,(H,27,28)(H,29,30)/b7-5-,8-6-. The number of rotatable bonds is 21. The molecule has 16 nitrogen and oxygen atoms in total. The van der Waals surface area contributed by atoms with Crippen molar-refractivity contribution >= 4 is 23.9 Å². The number of aliphatic carboxylic acids is 2. The summed E-state index contributed by atoms with van der Waals surface area (Å²) in [6, 6.07) is 0. The lowest BCUT2D eigenvalue weighted by Gasteiger charge is -2.27. The summed E-state index contributed by atoms with van der Waals surface area (Å²) in [5, 5.41) is 38.0. The second-order valence-electron chi connectivity index (χ2n) is 7.83. The number of ether oxygens (including phenoxy) is 2. The zero-order chi connectivity index (χ0) is 29.1. The van der Waals surface area contributed by atoms with Gasteiger partial charge in [-0.3, -0.25) is 19.4 Å². The Morgan fingerprint density at radius 3 is 1.21 bits per heavy atom. The Morgan fingerprint density at radius 1 is 0.605 bits per heavy atom. The first-order chi connectivity index (χ1) is 17.8. The van der Waals surface area contributed by atoms with Crippen molar-refractivity contribution in [3.8, 4) is 0 Å². The lowest BCUT2D eigenvalue weighted by atomic mass is 10.4. The largest absolute Gasteiger partial charge is 0.478 e. The van der Waals surface area contributed by atoms with Gasteiger partial charge in [0.25, 0.3) is 0 Å². The number of carbonyl (C=O) groups is 4. The monoisotopic (exact) mass is 552 g/mol. The van der Waals surface area contributed by atoms with Crippen molar-refractivity contribution in [2.45, 2.75) is 52.1 Å². The van der Waals surface area contributed by atoms with Gasteiger partial charge < -0.3 is 29.9 Å². The Balaban J connectivity index is 5.11. The smallest absolute Gasteiger partial charge is 0.331 e. The van der Waals surface area contributed by atoms with Gasteiger partial charge in [-0.15, -0.1) is 0 Å². The van der Waals surface area contributed by atoms with Crippen LogP contribution in [0, 0.1) is 0 Å². The molecule has 4 atom stereocenters. The molecule has 16 heteroatoms. The van der Waals surface area contributed by atoms with Crippen LogP contribution in [-0.4, -0.2) is 119 Å². The fourth-order valence-electron chi connectivity index (χ4n) is 2.08. The highest BCUT2D eigenvalue weighted by Crippen LogP contribution is 2.05. The van der Waals surface area contributed by atoms with Crippen LogP contribution in [0.25, 0.3) is 0 Å². The molecule has 4 N–H and O–H groups in total. The molecule has 0 bridgehead atoms. The van der Waals surface area contributed by atoms with Crippen LogP contribution < -0.4 is 0 Å². The number of hydrogen-bond donors (Lipinski definition) is 4. The first-order valence-electron chi connectivity index (χ1n) is 11.4. The quantitative estimate of drug-likeness (QED) is 0.0781. The normalized spacial score (nSPS) is 15.1. The van der Waals surface area contributed by atoms with Gasteiger partial charge in [0.05, 0.1) is 38.5 Å². The molecule has 0 aromatic carbocycles. The molecule has 0 radical (unpaired) electrons. The predicted octanol–water partition coefficient (Wildman–Crippen LogP) is -0.777. The minimum Gasteiger partial charge on any atom is -0.478 e. The lowest BCUT2D eigenvalue weighted by molar-refractivity contribution is -0.409. The number of esters is 2. The van der Waals surface area contributed by atoms with Crippen LogP contribution in [0.1, 0.15) is 27.7 Å². The predicted molar refractivity (Wildman–Crippen MR) is 125 cm³/mol. The number of carboxylic acid groups (broad SMARTS) is 2. The third-order valence-electron chi connectivity index (χ3n) is 3.65. The van der Waals surface area contributed by atoms with Gasteiger partial charge in [0.15, 0.2) is 0 Å². The van der Waals surface area contributed by atoms with Crippen molar-refractivity contribution in [3.05, 3.63) is 24.3 Å². The Morgan fingerprint density at radius 2 is 0.921 bits per heavy atom. The maximum Gasteiger partial charge on any atom is 0.331 e. The molecule has 0 spiro atoms. The van der Waals surface area contributed by atoms with E-state index in [1.54, 1.807) is 0 Å². The number of carboxylic acids is 2. The summed E-state index contributed by atoms with van der Waals surface area (Å²) in [5.41, 5.74) is 0. The highest BCUT2D eigenvalue weighted by Gasteiger charge is 2.18. The molecular weight excluding hydrogens is 516 g/mol. The summed E-state index contributed by atoms with van der Waals surface area (Å²) >= 11 is 0. The zero-order valence-corrected chi connectivity index (χ0v) is 21.6. The minimum atomic E-state index is -1.32. The number of aliphatic hydroxyl groups excluding tert-OH is 2. The highest BCUT2D eigenvalue weighted by atomic mass is 17.0. The Hall–Kier alpha value is -2.96. The van der Waals surface area contributed by atoms with E-state index in [1.165, 1.54) is 27.7 Å². The van der Waals surface area contributed by atoms with Crippen molar-refractivity contribution < 1.29 is 68.4 Å². The van der Waals surface area contributed by atoms with Crippen LogP contribution >= 0.6 is 0 Å². The zero-order valence-electron chi connectivity index (χ0n) is 21.6. The third kappa shape index (κ3) is 21.2. The van der Waals surface area contributed by atoms with Crippen LogP contribution in [0.4, 0.5) is 0 Å². The Kier molecular flexibility index (Phi) is 18.5. The van der Waals surface area contributed by atoms with Gasteiger partial charge in [0.2, 0.25) is 0 Å². The molecule has 0 aliphatic rings. The van der Waals surface area contributed by atoms with Gasteiger partial charge in [0, 0.05) is 24.3 Å². The van der Waals surface area contributed by atoms with Crippen molar-refractivity contribution in [2.24, 2.45) is 0 Å². The van der Waals surface area contributed by atoms with Crippen LogP contribution in [0.3, 0.4) is 0 Å². The molecule has 0 fully saturated rings. The van der Waals surface area contributed by atoms with E-state index in [2.05, 4.69) is 0 Å². The molecule has 0 aliphatic heterocycles. The fourth-order valence-corrected chi connectivity index (χ4v) is 2.08. The Labute approximate surface area is 219 Å². The molecule has 0 saturated heterocycles. The van der Waals surface area contributed by atoms with Crippen LogP contribution in [0.2, 0.25) is 0 Å². The van der Waals surface area contributed by atoms with Gasteiger partial charge >= 0.3 is 23.9 Å². The summed E-state index contributed by atoms with van der Waals surface area (Å²) in [7, 11) is 0. The van der Waals surface area contributed by atoms with E-state index in [4.69, 9.17) is 39.0 Å². The molecular formula is C22H36N2O14.